The highest BCUT2D eigenvalue weighted by atomic mass is 79.9. The zero-order valence-corrected chi connectivity index (χ0v) is 20.7. The Morgan fingerprint density at radius 1 is 0.882 bits per heavy atom. The van der Waals surface area contributed by atoms with E-state index in [0.717, 1.165) is 15.6 Å². The summed E-state index contributed by atoms with van der Waals surface area (Å²) < 4.78 is 14.0. The van der Waals surface area contributed by atoms with Crippen molar-refractivity contribution >= 4 is 27.5 Å². The van der Waals surface area contributed by atoms with Crippen LogP contribution in [0.25, 0.3) is 0 Å². The zero-order chi connectivity index (χ0) is 23.8. The number of carbonyl (C=O) groups excluding carboxylic acids is 2. The molecule has 2 aliphatic rings. The number of carbonyl (C=O) groups is 2. The Morgan fingerprint density at radius 3 is 1.91 bits per heavy atom. The number of hydrogen-bond acceptors (Lipinski definition) is 4. The fraction of sp³-hybridized carbons (Fsp3) is 0.310. The topological polar surface area (TPSA) is 52.6 Å². The Labute approximate surface area is 208 Å². The van der Waals surface area contributed by atoms with Crippen molar-refractivity contribution in [2.75, 3.05) is 13.2 Å². The summed E-state index contributed by atoms with van der Waals surface area (Å²) in [6, 6.07) is 27.6. The fourth-order valence-electron chi connectivity index (χ4n) is 5.54. The molecule has 2 atom stereocenters. The van der Waals surface area contributed by atoms with Crippen molar-refractivity contribution in [3.05, 3.63) is 106 Å². The normalized spacial score (nSPS) is 23.2. The highest BCUT2D eigenvalue weighted by molar-refractivity contribution is 9.10. The highest BCUT2D eigenvalue weighted by Gasteiger charge is 2.60. The van der Waals surface area contributed by atoms with Crippen LogP contribution in [0.2, 0.25) is 0 Å². The second kappa shape index (κ2) is 9.21. The van der Waals surface area contributed by atoms with Crippen molar-refractivity contribution in [3.8, 4) is 0 Å². The van der Waals surface area contributed by atoms with Crippen LogP contribution < -0.4 is 0 Å². The molecule has 1 spiro atoms. The molecule has 2 fully saturated rings. The van der Waals surface area contributed by atoms with Gasteiger partial charge in [0.15, 0.2) is 11.6 Å². The van der Waals surface area contributed by atoms with E-state index in [-0.39, 0.29) is 23.9 Å². The van der Waals surface area contributed by atoms with Gasteiger partial charge in [0.25, 0.3) is 0 Å². The SMILES string of the molecule is CC[C@@H]1[C@@H](C(=O)c2ccc(Br)cc2)C(=O)CC12OCC(c1ccccc1)(c1ccccc1)CO2. The van der Waals surface area contributed by atoms with Crippen LogP contribution >= 0.6 is 15.9 Å². The summed E-state index contributed by atoms with van der Waals surface area (Å²) in [4.78, 5) is 26.6. The molecule has 0 aromatic heterocycles. The maximum Gasteiger partial charge on any atom is 0.179 e. The van der Waals surface area contributed by atoms with Crippen LogP contribution in [0.4, 0.5) is 0 Å². The summed E-state index contributed by atoms with van der Waals surface area (Å²) in [5.74, 6) is -2.43. The molecular weight excluding hydrogens is 492 g/mol. The minimum absolute atomic E-state index is 0.0953. The van der Waals surface area contributed by atoms with Gasteiger partial charge in [0.05, 0.1) is 31.0 Å². The van der Waals surface area contributed by atoms with Gasteiger partial charge in [-0.15, -0.1) is 0 Å². The molecular formula is C29H27BrO4. The van der Waals surface area contributed by atoms with E-state index in [1.807, 2.05) is 55.5 Å². The average molecular weight is 519 g/mol. The van der Waals surface area contributed by atoms with E-state index in [2.05, 4.69) is 40.2 Å². The summed E-state index contributed by atoms with van der Waals surface area (Å²) in [7, 11) is 0. The number of Topliss-reactive ketones (excluding diaryl/α,β-unsaturated/α-hetero) is 2. The first-order chi connectivity index (χ1) is 16.5. The van der Waals surface area contributed by atoms with E-state index in [1.165, 1.54) is 0 Å². The zero-order valence-electron chi connectivity index (χ0n) is 19.1. The smallest absolute Gasteiger partial charge is 0.179 e. The minimum Gasteiger partial charge on any atom is -0.348 e. The van der Waals surface area contributed by atoms with Gasteiger partial charge in [-0.25, -0.2) is 0 Å². The molecule has 3 aromatic rings. The number of hydrogen-bond donors (Lipinski definition) is 0. The van der Waals surface area contributed by atoms with Gasteiger partial charge in [0.1, 0.15) is 5.78 Å². The van der Waals surface area contributed by atoms with Crippen LogP contribution in [-0.4, -0.2) is 30.6 Å². The Hall–Kier alpha value is -2.60. The maximum absolute atomic E-state index is 13.4. The van der Waals surface area contributed by atoms with Crippen LogP contribution in [0.1, 0.15) is 41.3 Å². The Morgan fingerprint density at radius 2 is 1.41 bits per heavy atom. The van der Waals surface area contributed by atoms with Crippen molar-refractivity contribution in [2.24, 2.45) is 11.8 Å². The molecule has 1 heterocycles. The van der Waals surface area contributed by atoms with E-state index in [1.54, 1.807) is 12.1 Å². The van der Waals surface area contributed by atoms with Crippen LogP contribution in [-0.2, 0) is 19.7 Å². The molecule has 0 bridgehead atoms. The maximum atomic E-state index is 13.4. The fourth-order valence-corrected chi connectivity index (χ4v) is 5.80. The third-order valence-corrected chi connectivity index (χ3v) is 7.89. The molecule has 0 radical (unpaired) electrons. The first kappa shape index (κ1) is 23.2. The van der Waals surface area contributed by atoms with Crippen molar-refractivity contribution in [2.45, 2.75) is 31.0 Å². The van der Waals surface area contributed by atoms with E-state index in [4.69, 9.17) is 9.47 Å². The largest absolute Gasteiger partial charge is 0.348 e. The van der Waals surface area contributed by atoms with Crippen molar-refractivity contribution in [3.63, 3.8) is 0 Å². The van der Waals surface area contributed by atoms with Gasteiger partial charge in [-0.2, -0.15) is 0 Å². The summed E-state index contributed by atoms with van der Waals surface area (Å²) in [5.41, 5.74) is 2.27. The summed E-state index contributed by atoms with van der Waals surface area (Å²) in [6.45, 7) is 2.75. The number of rotatable bonds is 5. The lowest BCUT2D eigenvalue weighted by Crippen LogP contribution is -2.54. The van der Waals surface area contributed by atoms with Gasteiger partial charge in [0, 0.05) is 16.0 Å². The Balaban J connectivity index is 1.46. The van der Waals surface area contributed by atoms with Gasteiger partial charge in [0.2, 0.25) is 0 Å². The van der Waals surface area contributed by atoms with Crippen LogP contribution in [0.15, 0.2) is 89.4 Å². The first-order valence-electron chi connectivity index (χ1n) is 11.7. The third-order valence-electron chi connectivity index (χ3n) is 7.36. The Bertz CT molecular complexity index is 1120. The number of halogens is 1. The molecule has 1 saturated carbocycles. The molecule has 0 unspecified atom stereocenters. The lowest BCUT2D eigenvalue weighted by molar-refractivity contribution is -0.301. The highest BCUT2D eigenvalue weighted by Crippen LogP contribution is 2.50. The first-order valence-corrected chi connectivity index (χ1v) is 12.5. The molecule has 4 nitrogen and oxygen atoms in total. The number of benzene rings is 3. The van der Waals surface area contributed by atoms with Gasteiger partial charge in [-0.1, -0.05) is 95.7 Å². The molecule has 5 rings (SSSR count). The molecule has 0 amide bonds. The monoisotopic (exact) mass is 518 g/mol. The Kier molecular flexibility index (Phi) is 6.28. The lowest BCUT2D eigenvalue weighted by Gasteiger charge is -2.47. The second-order valence-electron chi connectivity index (χ2n) is 9.21. The quantitative estimate of drug-likeness (QED) is 0.308. The third kappa shape index (κ3) is 3.86. The van der Waals surface area contributed by atoms with E-state index < -0.39 is 17.1 Å². The van der Waals surface area contributed by atoms with Gasteiger partial charge >= 0.3 is 0 Å². The van der Waals surface area contributed by atoms with Crippen LogP contribution in [0.3, 0.4) is 0 Å². The van der Waals surface area contributed by atoms with Crippen molar-refractivity contribution in [1.82, 2.24) is 0 Å². The standard InChI is InChI=1S/C29H27BrO4/c1-2-24-26(27(32)20-13-15-23(30)16-14-20)25(31)17-29(24)33-18-28(19-34-29,21-9-5-3-6-10-21)22-11-7-4-8-12-22/h3-16,24,26H,2,17-19H2,1H3/t24-,26-/m1/s1. The summed E-state index contributed by atoms with van der Waals surface area (Å²) in [5, 5.41) is 0. The van der Waals surface area contributed by atoms with Gasteiger partial charge < -0.3 is 9.47 Å². The predicted octanol–water partition coefficient (Wildman–Crippen LogP) is 5.98. The molecule has 3 aromatic carbocycles. The van der Waals surface area contributed by atoms with E-state index in [9.17, 15) is 9.59 Å². The average Bonchev–Trinajstić information content (AvgIpc) is 3.16. The molecule has 34 heavy (non-hydrogen) atoms. The van der Waals surface area contributed by atoms with E-state index >= 15 is 0 Å². The molecule has 1 aliphatic heterocycles. The van der Waals surface area contributed by atoms with Crippen LogP contribution in [0.5, 0.6) is 0 Å². The molecule has 1 saturated heterocycles. The molecule has 174 valence electrons. The van der Waals surface area contributed by atoms with Gasteiger partial charge in [-0.3, -0.25) is 9.59 Å². The molecule has 0 N–H and O–H groups in total. The van der Waals surface area contributed by atoms with E-state index in [0.29, 0.717) is 25.2 Å². The second-order valence-corrected chi connectivity index (χ2v) is 10.1. The summed E-state index contributed by atoms with van der Waals surface area (Å²) in [6.07, 6.45) is 0.709. The summed E-state index contributed by atoms with van der Waals surface area (Å²) >= 11 is 3.40. The lowest BCUT2D eigenvalue weighted by atomic mass is 9.74. The number of ether oxygens (including phenoxy) is 2. The minimum atomic E-state index is -1.07. The van der Waals surface area contributed by atoms with Crippen molar-refractivity contribution in [1.29, 1.82) is 0 Å². The van der Waals surface area contributed by atoms with Crippen LogP contribution in [0, 0.1) is 11.8 Å². The molecule has 5 heteroatoms. The molecule has 1 aliphatic carbocycles. The van der Waals surface area contributed by atoms with Crippen molar-refractivity contribution < 1.29 is 19.1 Å². The predicted molar refractivity (Wildman–Crippen MR) is 134 cm³/mol. The number of ketones is 2. The van der Waals surface area contributed by atoms with Gasteiger partial charge in [-0.05, 0) is 29.7 Å².